The average Bonchev–Trinajstić information content (AvgIpc) is 2.62. The van der Waals surface area contributed by atoms with Crippen molar-refractivity contribution >= 4 is 33.2 Å². The van der Waals surface area contributed by atoms with Crippen molar-refractivity contribution in [2.75, 3.05) is 25.0 Å². The fourth-order valence-electron chi connectivity index (χ4n) is 2.43. The Morgan fingerprint density at radius 3 is 2.46 bits per heavy atom. The van der Waals surface area contributed by atoms with Gasteiger partial charge in [-0.2, -0.15) is 0 Å². The molecule has 2 aromatic rings. The van der Waals surface area contributed by atoms with E-state index in [-0.39, 0.29) is 23.5 Å². The van der Waals surface area contributed by atoms with E-state index in [1.54, 1.807) is 38.3 Å². The van der Waals surface area contributed by atoms with Crippen molar-refractivity contribution < 1.29 is 22.7 Å². The van der Waals surface area contributed by atoms with E-state index in [0.29, 0.717) is 28.6 Å². The van der Waals surface area contributed by atoms with Crippen molar-refractivity contribution in [3.8, 4) is 5.75 Å². The highest BCUT2D eigenvalue weighted by atomic mass is 35.5. The average molecular weight is 427 g/mol. The Morgan fingerprint density at radius 2 is 1.86 bits per heavy atom. The number of anilines is 1. The molecule has 152 valence electrons. The van der Waals surface area contributed by atoms with Crippen LogP contribution in [-0.4, -0.2) is 40.7 Å². The van der Waals surface area contributed by atoms with Crippen molar-refractivity contribution in [3.63, 3.8) is 0 Å². The molecule has 2 rings (SSSR count). The molecule has 0 aliphatic rings. The summed E-state index contributed by atoms with van der Waals surface area (Å²) in [6.45, 7) is 3.75. The zero-order chi connectivity index (χ0) is 20.7. The molecular weight excluding hydrogens is 404 g/mol. The number of ether oxygens (including phenoxy) is 2. The highest BCUT2D eigenvalue weighted by Crippen LogP contribution is 2.24. The van der Waals surface area contributed by atoms with Gasteiger partial charge >= 0.3 is 0 Å². The lowest BCUT2D eigenvalue weighted by Crippen LogP contribution is -2.38. The summed E-state index contributed by atoms with van der Waals surface area (Å²) in [6.07, 6.45) is 0. The highest BCUT2D eigenvalue weighted by molar-refractivity contribution is 7.92. The van der Waals surface area contributed by atoms with Crippen molar-refractivity contribution in [2.24, 2.45) is 0 Å². The van der Waals surface area contributed by atoms with Gasteiger partial charge in [-0.3, -0.25) is 9.52 Å². The van der Waals surface area contributed by atoms with Crippen molar-refractivity contribution in [2.45, 2.75) is 24.8 Å². The molecule has 0 aliphatic heterocycles. The minimum absolute atomic E-state index is 0.0884. The molecule has 0 fully saturated rings. The van der Waals surface area contributed by atoms with Gasteiger partial charge in [0, 0.05) is 23.9 Å². The Bertz CT molecular complexity index is 916. The second-order valence-electron chi connectivity index (χ2n) is 6.25. The molecule has 1 atom stereocenters. The summed E-state index contributed by atoms with van der Waals surface area (Å²) in [5.41, 5.74) is 1.00. The minimum Gasteiger partial charge on any atom is -0.484 e. The number of benzene rings is 2. The van der Waals surface area contributed by atoms with Crippen LogP contribution in [0.1, 0.15) is 12.5 Å². The van der Waals surface area contributed by atoms with E-state index in [1.165, 1.54) is 18.2 Å². The number of carbonyl (C=O) groups excluding carboxylic acids is 1. The van der Waals surface area contributed by atoms with E-state index in [9.17, 15) is 13.2 Å². The highest BCUT2D eigenvalue weighted by Gasteiger charge is 2.16. The maximum absolute atomic E-state index is 12.5. The lowest BCUT2D eigenvalue weighted by Gasteiger charge is -2.14. The number of sulfonamides is 1. The number of rotatable bonds is 9. The molecule has 0 saturated heterocycles. The predicted molar refractivity (Wildman–Crippen MR) is 108 cm³/mol. The van der Waals surface area contributed by atoms with Crippen LogP contribution in [0.2, 0.25) is 5.02 Å². The monoisotopic (exact) mass is 426 g/mol. The summed E-state index contributed by atoms with van der Waals surface area (Å²) in [4.78, 5) is 11.9. The normalized spacial score (nSPS) is 12.3. The fourth-order valence-corrected chi connectivity index (χ4v) is 3.70. The van der Waals surface area contributed by atoms with Crippen molar-refractivity contribution in [1.29, 1.82) is 0 Å². The number of hydrogen-bond acceptors (Lipinski definition) is 5. The topological polar surface area (TPSA) is 93.7 Å². The third kappa shape index (κ3) is 6.40. The molecule has 28 heavy (non-hydrogen) atoms. The van der Waals surface area contributed by atoms with Crippen LogP contribution in [0.15, 0.2) is 47.4 Å². The van der Waals surface area contributed by atoms with Gasteiger partial charge in [0.2, 0.25) is 0 Å². The number of aryl methyl sites for hydroxylation is 1. The van der Waals surface area contributed by atoms with E-state index >= 15 is 0 Å². The van der Waals surface area contributed by atoms with Crippen LogP contribution in [0.3, 0.4) is 0 Å². The maximum atomic E-state index is 12.5. The van der Waals surface area contributed by atoms with Gasteiger partial charge in [0.1, 0.15) is 5.75 Å². The zero-order valence-corrected chi connectivity index (χ0v) is 17.4. The lowest BCUT2D eigenvalue weighted by molar-refractivity contribution is -0.124. The van der Waals surface area contributed by atoms with Crippen LogP contribution in [0.25, 0.3) is 0 Å². The molecule has 7 nitrogen and oxygen atoms in total. The van der Waals surface area contributed by atoms with Crippen LogP contribution in [0.5, 0.6) is 5.75 Å². The summed E-state index contributed by atoms with van der Waals surface area (Å²) in [5.74, 6) is 0.144. The summed E-state index contributed by atoms with van der Waals surface area (Å²) in [5, 5.41) is 3.25. The molecule has 2 N–H and O–H groups in total. The molecule has 0 radical (unpaired) electrons. The smallest absolute Gasteiger partial charge is 0.261 e. The van der Waals surface area contributed by atoms with Crippen LogP contribution in [0, 0.1) is 6.92 Å². The zero-order valence-electron chi connectivity index (χ0n) is 15.9. The van der Waals surface area contributed by atoms with E-state index < -0.39 is 10.0 Å². The Balaban J connectivity index is 2.02. The van der Waals surface area contributed by atoms with Crippen molar-refractivity contribution in [1.82, 2.24) is 5.32 Å². The Hall–Kier alpha value is -2.29. The lowest BCUT2D eigenvalue weighted by atomic mass is 10.2. The number of methoxy groups -OCH3 is 1. The number of halogens is 1. The molecule has 1 amide bonds. The molecule has 0 saturated carbocycles. The second kappa shape index (κ2) is 9.77. The summed E-state index contributed by atoms with van der Waals surface area (Å²) >= 11 is 5.81. The van der Waals surface area contributed by atoms with Crippen LogP contribution in [0.4, 0.5) is 5.69 Å². The molecule has 9 heteroatoms. The molecule has 0 spiro atoms. The van der Waals surface area contributed by atoms with E-state index in [1.807, 2.05) is 6.92 Å². The number of hydrogen-bond donors (Lipinski definition) is 2. The van der Waals surface area contributed by atoms with Crippen molar-refractivity contribution in [3.05, 3.63) is 53.1 Å². The first kappa shape index (κ1) is 22.0. The largest absolute Gasteiger partial charge is 0.484 e. The third-order valence-electron chi connectivity index (χ3n) is 3.74. The molecule has 0 aromatic heterocycles. The first-order valence-electron chi connectivity index (χ1n) is 8.51. The predicted octanol–water partition coefficient (Wildman–Crippen LogP) is 2.98. The van der Waals surface area contributed by atoms with Gasteiger partial charge in [-0.05, 0) is 61.9 Å². The van der Waals surface area contributed by atoms with E-state index in [4.69, 9.17) is 21.1 Å². The van der Waals surface area contributed by atoms with Gasteiger partial charge in [0.15, 0.2) is 6.61 Å². The second-order valence-corrected chi connectivity index (χ2v) is 8.37. The van der Waals surface area contributed by atoms with Gasteiger partial charge in [0.05, 0.1) is 11.5 Å². The number of amides is 1. The molecule has 0 heterocycles. The van der Waals surface area contributed by atoms with Crippen LogP contribution >= 0.6 is 11.6 Å². The van der Waals surface area contributed by atoms with Crippen LogP contribution < -0.4 is 14.8 Å². The first-order valence-corrected chi connectivity index (χ1v) is 10.4. The van der Waals surface area contributed by atoms with E-state index in [0.717, 1.165) is 0 Å². The molecular formula is C19H23ClN2O5S. The standard InChI is InChI=1S/C19H23ClN2O5S/c1-13-10-17(28(24,25)22-16-6-4-15(20)5-7-16)8-9-18(13)27-12-19(23)21-14(2)11-26-3/h4-10,14,22H,11-12H2,1-3H3,(H,21,23)/t14-/m0/s1. The van der Waals surface area contributed by atoms with Gasteiger partial charge in [-0.1, -0.05) is 11.6 Å². The SMILES string of the molecule is COC[C@H](C)NC(=O)COc1ccc(S(=O)(=O)Nc2ccc(Cl)cc2)cc1C. The van der Waals surface area contributed by atoms with Gasteiger partial charge in [-0.25, -0.2) is 8.42 Å². The van der Waals surface area contributed by atoms with Crippen LogP contribution in [-0.2, 0) is 19.6 Å². The Kier molecular flexibility index (Phi) is 7.68. The first-order chi connectivity index (χ1) is 13.2. The fraction of sp³-hybridized carbons (Fsp3) is 0.316. The summed E-state index contributed by atoms with van der Waals surface area (Å²) in [6, 6.07) is 10.7. The molecule has 2 aromatic carbocycles. The third-order valence-corrected chi connectivity index (χ3v) is 5.37. The van der Waals surface area contributed by atoms with E-state index in [2.05, 4.69) is 10.0 Å². The Morgan fingerprint density at radius 1 is 1.18 bits per heavy atom. The van der Waals surface area contributed by atoms with Gasteiger partial charge in [0.25, 0.3) is 15.9 Å². The quantitative estimate of drug-likeness (QED) is 0.642. The van der Waals surface area contributed by atoms with Gasteiger partial charge in [-0.15, -0.1) is 0 Å². The number of carbonyl (C=O) groups is 1. The number of nitrogens with one attached hydrogen (secondary N) is 2. The minimum atomic E-state index is -3.76. The van der Waals surface area contributed by atoms with Gasteiger partial charge < -0.3 is 14.8 Å². The molecule has 0 bridgehead atoms. The maximum Gasteiger partial charge on any atom is 0.261 e. The molecule has 0 unspecified atom stereocenters. The summed E-state index contributed by atoms with van der Waals surface area (Å²) in [7, 11) is -2.21. The summed E-state index contributed by atoms with van der Waals surface area (Å²) < 4.78 is 38.0. The molecule has 0 aliphatic carbocycles. The Labute approximate surface area is 170 Å².